The number of hydrogen-bond acceptors (Lipinski definition) is 4. The molecular weight excluding hydrogens is 162 g/mol. The van der Waals surface area contributed by atoms with E-state index in [2.05, 4.69) is 6.92 Å². The van der Waals surface area contributed by atoms with Gasteiger partial charge in [-0.2, -0.15) is 12.6 Å². The Hall–Kier alpha value is -0.200. The lowest BCUT2D eigenvalue weighted by molar-refractivity contribution is 0.626. The highest BCUT2D eigenvalue weighted by Crippen LogP contribution is 1.57. The first-order valence-electron chi connectivity index (χ1n) is 2.28. The van der Waals surface area contributed by atoms with E-state index in [0.717, 1.165) is 13.0 Å². The van der Waals surface area contributed by atoms with E-state index < -0.39 is 19.5 Å². The normalized spacial score (nSPS) is 6.89. The zero-order valence-electron chi connectivity index (χ0n) is 5.03. The van der Waals surface area contributed by atoms with Gasteiger partial charge in [0.05, 0.1) is 0 Å². The second-order valence-electron chi connectivity index (χ2n) is 1.06. The first kappa shape index (κ1) is 11.6. The molecule has 0 heterocycles. The molecule has 4 nitrogen and oxygen atoms in total. The highest BCUT2D eigenvalue weighted by molar-refractivity contribution is 8.17. The Morgan fingerprint density at radius 1 is 1.56 bits per heavy atom. The van der Waals surface area contributed by atoms with Crippen LogP contribution < -0.4 is 5.73 Å². The molecule has 0 fully saturated rings. The van der Waals surface area contributed by atoms with Gasteiger partial charge in [-0.25, -0.2) is 0 Å². The molecule has 0 aliphatic heterocycles. The number of rotatable bonds is 1. The topological polar surface area (TPSA) is 77.2 Å². The third-order valence-corrected chi connectivity index (χ3v) is 0.789. The molecule has 0 aromatic rings. The SMILES string of the molecule is CCCN.O=S=S(=O)=O. The van der Waals surface area contributed by atoms with Crippen molar-refractivity contribution in [1.29, 1.82) is 0 Å². The van der Waals surface area contributed by atoms with E-state index in [4.69, 9.17) is 18.4 Å². The van der Waals surface area contributed by atoms with Crippen molar-refractivity contribution in [3.8, 4) is 0 Å². The Morgan fingerprint density at radius 3 is 1.78 bits per heavy atom. The van der Waals surface area contributed by atoms with Crippen molar-refractivity contribution in [1.82, 2.24) is 0 Å². The van der Waals surface area contributed by atoms with Gasteiger partial charge in [-0.15, -0.1) is 0 Å². The largest absolute Gasteiger partial charge is 0.330 e. The van der Waals surface area contributed by atoms with Crippen molar-refractivity contribution in [3.63, 3.8) is 0 Å². The molecule has 0 atom stereocenters. The summed E-state index contributed by atoms with van der Waals surface area (Å²) in [5, 5.41) is 0. The van der Waals surface area contributed by atoms with E-state index in [1.807, 2.05) is 0 Å². The van der Waals surface area contributed by atoms with Gasteiger partial charge in [-0.3, -0.25) is 0 Å². The predicted octanol–water partition coefficient (Wildman–Crippen LogP) is -0.651. The van der Waals surface area contributed by atoms with Crippen LogP contribution in [-0.4, -0.2) is 19.2 Å². The van der Waals surface area contributed by atoms with E-state index in [-0.39, 0.29) is 0 Å². The maximum Gasteiger partial charge on any atom is 0.311 e. The number of nitrogens with two attached hydrogens (primary N) is 1. The van der Waals surface area contributed by atoms with Crippen LogP contribution in [0.1, 0.15) is 13.3 Å². The molecule has 0 radical (unpaired) electrons. The smallest absolute Gasteiger partial charge is 0.311 e. The molecule has 0 unspecified atom stereocenters. The van der Waals surface area contributed by atoms with E-state index in [0.29, 0.717) is 0 Å². The quantitative estimate of drug-likeness (QED) is 0.568. The maximum absolute atomic E-state index is 9.02. The first-order chi connectivity index (χ1) is 4.18. The minimum Gasteiger partial charge on any atom is -0.330 e. The lowest BCUT2D eigenvalue weighted by Crippen LogP contribution is -1.93. The Morgan fingerprint density at radius 2 is 1.78 bits per heavy atom. The molecule has 0 saturated heterocycles. The van der Waals surface area contributed by atoms with Crippen LogP contribution >= 0.6 is 0 Å². The van der Waals surface area contributed by atoms with Crippen LogP contribution in [0.5, 0.6) is 0 Å². The summed E-state index contributed by atoms with van der Waals surface area (Å²) < 4.78 is 27.0. The highest BCUT2D eigenvalue weighted by atomic mass is 32.8. The van der Waals surface area contributed by atoms with Gasteiger partial charge in [0.25, 0.3) is 0 Å². The molecule has 6 heteroatoms. The molecule has 0 aromatic carbocycles. The van der Waals surface area contributed by atoms with Crippen LogP contribution in [-0.2, 0) is 19.5 Å². The van der Waals surface area contributed by atoms with E-state index >= 15 is 0 Å². The molecule has 0 bridgehead atoms. The summed E-state index contributed by atoms with van der Waals surface area (Å²) in [6.07, 6.45) is 1.10. The Kier molecular flexibility index (Phi) is 13.8. The maximum atomic E-state index is 9.02. The second-order valence-corrected chi connectivity index (χ2v) is 2.83. The minimum atomic E-state index is -2.46. The molecular formula is C3H9NO3S2. The van der Waals surface area contributed by atoms with Gasteiger partial charge < -0.3 is 5.73 Å². The summed E-state index contributed by atoms with van der Waals surface area (Å²) >= 11 is 0. The Labute approximate surface area is 58.3 Å². The molecule has 0 rings (SSSR count). The van der Waals surface area contributed by atoms with Crippen LogP contribution in [0.2, 0.25) is 0 Å². The average Bonchev–Trinajstić information content (AvgIpc) is 1.89. The molecule has 0 amide bonds. The van der Waals surface area contributed by atoms with Gasteiger partial charge in [-0.05, 0) is 13.0 Å². The molecule has 0 saturated carbocycles. The molecule has 0 aliphatic carbocycles. The summed E-state index contributed by atoms with van der Waals surface area (Å²) in [5.41, 5.74) is 5.03. The molecule has 0 spiro atoms. The van der Waals surface area contributed by atoms with Crippen LogP contribution in [0.3, 0.4) is 0 Å². The van der Waals surface area contributed by atoms with Crippen molar-refractivity contribution in [2.75, 3.05) is 6.54 Å². The summed E-state index contributed by atoms with van der Waals surface area (Å²) in [4.78, 5) is 0. The van der Waals surface area contributed by atoms with Crippen LogP contribution in [0, 0.1) is 0 Å². The summed E-state index contributed by atoms with van der Waals surface area (Å²) in [5.74, 6) is 0. The third kappa shape index (κ3) is 33.5. The molecule has 0 aliphatic rings. The van der Waals surface area contributed by atoms with Gasteiger partial charge in [0, 0.05) is 0 Å². The second kappa shape index (κ2) is 10.7. The van der Waals surface area contributed by atoms with Crippen LogP contribution in [0.4, 0.5) is 0 Å². The highest BCUT2D eigenvalue weighted by Gasteiger charge is 1.55. The summed E-state index contributed by atoms with van der Waals surface area (Å²) in [6, 6.07) is 0. The van der Waals surface area contributed by atoms with Crippen molar-refractivity contribution in [2.45, 2.75) is 13.3 Å². The summed E-state index contributed by atoms with van der Waals surface area (Å²) in [6.45, 7) is 2.88. The van der Waals surface area contributed by atoms with Crippen LogP contribution in [0.25, 0.3) is 0 Å². The monoisotopic (exact) mass is 171 g/mol. The van der Waals surface area contributed by atoms with Crippen molar-refractivity contribution < 1.29 is 12.6 Å². The number of hydrogen-bond donors (Lipinski definition) is 1. The zero-order chi connectivity index (χ0) is 7.70. The fourth-order valence-electron chi connectivity index (χ4n) is 0. The van der Waals surface area contributed by atoms with Crippen molar-refractivity contribution in [2.24, 2.45) is 5.73 Å². The predicted molar refractivity (Wildman–Crippen MR) is 36.4 cm³/mol. The molecule has 9 heavy (non-hydrogen) atoms. The molecule has 2 N–H and O–H groups in total. The van der Waals surface area contributed by atoms with E-state index in [9.17, 15) is 0 Å². The van der Waals surface area contributed by atoms with Gasteiger partial charge in [-0.1, -0.05) is 6.92 Å². The van der Waals surface area contributed by atoms with Gasteiger partial charge in [0.2, 0.25) is 10.2 Å². The third-order valence-electron chi connectivity index (χ3n) is 0.344. The fourth-order valence-corrected chi connectivity index (χ4v) is 0. The van der Waals surface area contributed by atoms with Crippen molar-refractivity contribution >= 4 is 19.5 Å². The van der Waals surface area contributed by atoms with Crippen molar-refractivity contribution in [3.05, 3.63) is 0 Å². The standard InChI is InChI=1S/C3H9N.O3S2/c1-2-3-4;1-4-5(2)3/h2-4H2,1H3;. The van der Waals surface area contributed by atoms with Gasteiger partial charge in [0.1, 0.15) is 0 Å². The van der Waals surface area contributed by atoms with Gasteiger partial charge in [0.15, 0.2) is 0 Å². The average molecular weight is 171 g/mol. The summed E-state index contributed by atoms with van der Waals surface area (Å²) in [7, 11) is -2.92. The minimum absolute atomic E-state index is 0.454. The van der Waals surface area contributed by atoms with Gasteiger partial charge >= 0.3 is 9.26 Å². The lowest BCUT2D eigenvalue weighted by Gasteiger charge is -1.70. The molecule has 56 valence electrons. The Bertz CT molecular complexity index is 169. The fraction of sp³-hybridized carbons (Fsp3) is 1.00. The Balaban J connectivity index is 0. The van der Waals surface area contributed by atoms with E-state index in [1.54, 1.807) is 0 Å². The van der Waals surface area contributed by atoms with E-state index in [1.165, 1.54) is 0 Å². The lowest BCUT2D eigenvalue weighted by atomic mass is 10.5. The zero-order valence-corrected chi connectivity index (χ0v) is 6.67. The van der Waals surface area contributed by atoms with Crippen LogP contribution in [0.15, 0.2) is 0 Å². The first-order valence-corrected chi connectivity index (χ1v) is 4.62. The molecule has 0 aromatic heterocycles.